The number of carbonyl (C=O) groups is 2. The fraction of sp³-hybridized carbons (Fsp3) is 0.565. The van der Waals surface area contributed by atoms with Crippen LogP contribution in [-0.4, -0.2) is 83.4 Å². The number of amides is 1. The van der Waals surface area contributed by atoms with Crippen LogP contribution >= 0.6 is 0 Å². The van der Waals surface area contributed by atoms with Crippen LogP contribution in [0.3, 0.4) is 0 Å². The molecule has 0 saturated carbocycles. The van der Waals surface area contributed by atoms with Gasteiger partial charge in [0.1, 0.15) is 5.75 Å². The van der Waals surface area contributed by atoms with Crippen LogP contribution < -0.4 is 4.74 Å². The van der Waals surface area contributed by atoms with Gasteiger partial charge in [0.05, 0.1) is 18.8 Å². The molecular weight excluding hydrogens is 398 g/mol. The van der Waals surface area contributed by atoms with Crippen molar-refractivity contribution in [1.82, 2.24) is 14.4 Å². The van der Waals surface area contributed by atoms with Gasteiger partial charge in [0.15, 0.2) is 0 Å². The molecule has 4 rings (SSSR count). The van der Waals surface area contributed by atoms with Gasteiger partial charge < -0.3 is 29.3 Å². The van der Waals surface area contributed by atoms with Crippen LogP contribution in [0, 0.1) is 12.3 Å². The topological polar surface area (TPSA) is 95.2 Å². The van der Waals surface area contributed by atoms with E-state index >= 15 is 0 Å². The largest absolute Gasteiger partial charge is 0.497 e. The number of aliphatic hydroxyl groups excluding tert-OH is 1. The Morgan fingerprint density at radius 1 is 1.26 bits per heavy atom. The van der Waals surface area contributed by atoms with Gasteiger partial charge in [0.2, 0.25) is 0 Å². The quantitative estimate of drug-likeness (QED) is 0.708. The molecule has 2 aromatic rings. The maximum atomic E-state index is 13.6. The molecule has 2 fully saturated rings. The van der Waals surface area contributed by atoms with Gasteiger partial charge in [0.25, 0.3) is 12.4 Å². The van der Waals surface area contributed by atoms with Gasteiger partial charge in [-0.3, -0.25) is 9.59 Å². The fourth-order valence-electron chi connectivity index (χ4n) is 5.21. The van der Waals surface area contributed by atoms with Gasteiger partial charge in [-0.2, -0.15) is 0 Å². The smallest absolute Gasteiger partial charge is 0.290 e. The second-order valence-corrected chi connectivity index (χ2v) is 8.74. The Morgan fingerprint density at radius 2 is 1.97 bits per heavy atom. The van der Waals surface area contributed by atoms with Gasteiger partial charge in [-0.1, -0.05) is 0 Å². The minimum atomic E-state index is -0.340. The van der Waals surface area contributed by atoms with Crippen molar-refractivity contribution in [2.75, 3.05) is 40.3 Å². The van der Waals surface area contributed by atoms with Crippen LogP contribution in [0.1, 0.15) is 35.3 Å². The molecule has 170 valence electrons. The molecule has 31 heavy (non-hydrogen) atoms. The number of ether oxygens (including phenoxy) is 1. The number of hydrogen-bond acceptors (Lipinski definition) is 5. The van der Waals surface area contributed by atoms with Gasteiger partial charge in [-0.15, -0.1) is 0 Å². The molecule has 0 aliphatic carbocycles. The van der Waals surface area contributed by atoms with Crippen molar-refractivity contribution >= 4 is 23.3 Å². The summed E-state index contributed by atoms with van der Waals surface area (Å²) in [5.41, 5.74) is 2.55. The second-order valence-electron chi connectivity index (χ2n) is 8.74. The summed E-state index contributed by atoms with van der Waals surface area (Å²) in [6.07, 6.45) is 2.35. The lowest BCUT2D eigenvalue weighted by molar-refractivity contribution is -0.122. The van der Waals surface area contributed by atoms with E-state index in [-0.39, 0.29) is 23.9 Å². The van der Waals surface area contributed by atoms with Crippen molar-refractivity contribution in [3.05, 3.63) is 29.5 Å². The van der Waals surface area contributed by atoms with Crippen LogP contribution in [0.5, 0.6) is 5.75 Å². The predicted octanol–water partition coefficient (Wildman–Crippen LogP) is 2.11. The van der Waals surface area contributed by atoms with E-state index in [1.807, 2.05) is 37.1 Å². The molecule has 2 N–H and O–H groups in total. The summed E-state index contributed by atoms with van der Waals surface area (Å²) in [5.74, 6) is 0.822. The first-order valence-corrected chi connectivity index (χ1v) is 10.6. The highest BCUT2D eigenvalue weighted by Gasteiger charge is 2.46. The van der Waals surface area contributed by atoms with E-state index in [0.717, 1.165) is 66.8 Å². The van der Waals surface area contributed by atoms with Crippen molar-refractivity contribution in [2.45, 2.75) is 32.3 Å². The Morgan fingerprint density at radius 3 is 2.65 bits per heavy atom. The monoisotopic (exact) mass is 431 g/mol. The van der Waals surface area contributed by atoms with E-state index in [4.69, 9.17) is 14.6 Å². The number of aryl methyl sites for hydroxylation is 1. The van der Waals surface area contributed by atoms with E-state index in [1.54, 1.807) is 7.11 Å². The molecule has 8 heteroatoms. The number of fused-ring (bicyclic) bond motifs is 1. The third-order valence-corrected chi connectivity index (χ3v) is 6.88. The van der Waals surface area contributed by atoms with Crippen molar-refractivity contribution in [2.24, 2.45) is 12.5 Å². The Hall–Kier alpha value is -2.58. The molecule has 2 saturated heterocycles. The summed E-state index contributed by atoms with van der Waals surface area (Å²) in [6.45, 7) is 4.88. The number of carboxylic acid groups (broad SMARTS) is 1. The summed E-state index contributed by atoms with van der Waals surface area (Å²) < 4.78 is 7.47. The second kappa shape index (κ2) is 9.28. The highest BCUT2D eigenvalue weighted by Crippen LogP contribution is 2.39. The average Bonchev–Trinajstić information content (AvgIpc) is 3.01. The van der Waals surface area contributed by atoms with E-state index in [0.29, 0.717) is 6.54 Å². The maximum absolute atomic E-state index is 13.6. The average molecular weight is 432 g/mol. The van der Waals surface area contributed by atoms with Gasteiger partial charge in [0, 0.05) is 55.2 Å². The number of aliphatic hydroxyl groups is 1. The lowest BCUT2D eigenvalue weighted by atomic mass is 9.71. The maximum Gasteiger partial charge on any atom is 0.290 e. The van der Waals surface area contributed by atoms with Crippen molar-refractivity contribution in [3.8, 4) is 5.75 Å². The number of hydrogen-bond donors (Lipinski definition) is 2. The minimum absolute atomic E-state index is 0.0656. The van der Waals surface area contributed by atoms with Gasteiger partial charge in [-0.05, 0) is 51.4 Å². The Labute approximate surface area is 183 Å². The fourth-order valence-corrected chi connectivity index (χ4v) is 5.21. The molecule has 3 heterocycles. The Balaban J connectivity index is 0.000000858. The number of methoxy groups -OCH3 is 1. The van der Waals surface area contributed by atoms with Crippen LogP contribution in [0.15, 0.2) is 18.2 Å². The first-order valence-electron chi connectivity index (χ1n) is 10.6. The molecule has 2 aliphatic heterocycles. The number of aromatic nitrogens is 1. The molecule has 2 atom stereocenters. The SMILES string of the molecule is COc1ccc2c(c1)c(C(=O)N1CCC[C@]3(CN(C)CC[C@@H]3O)C1)c(C)n2C.O=CO. The number of carbonyl (C=O) groups excluding carboxylic acids is 1. The standard InChI is InChI=1S/C22H31N3O3.CH2O2/c1-15-20(17-12-16(28-4)6-7-18(17)24(15)3)21(27)25-10-5-9-22(14-25)13-23(2)11-8-19(22)26;2-1-3/h6-7,12,19,26H,5,8-11,13-14H2,1-4H3;1H,(H,2,3)/t19-,22-;/m0./s1. The number of nitrogens with zero attached hydrogens (tertiary/aromatic N) is 3. The lowest BCUT2D eigenvalue weighted by Crippen LogP contribution is -2.59. The minimum Gasteiger partial charge on any atom is -0.497 e. The number of benzene rings is 1. The molecule has 1 amide bonds. The number of rotatable bonds is 2. The summed E-state index contributed by atoms with van der Waals surface area (Å²) >= 11 is 0. The van der Waals surface area contributed by atoms with Crippen LogP contribution in [0.4, 0.5) is 0 Å². The molecule has 0 bridgehead atoms. The van der Waals surface area contributed by atoms with Gasteiger partial charge in [-0.25, -0.2) is 0 Å². The first kappa shape index (κ1) is 23.1. The van der Waals surface area contributed by atoms with E-state index in [9.17, 15) is 9.90 Å². The first-order chi connectivity index (χ1) is 14.8. The summed E-state index contributed by atoms with van der Waals surface area (Å²) in [4.78, 5) is 26.3. The zero-order valence-corrected chi connectivity index (χ0v) is 18.8. The van der Waals surface area contributed by atoms with E-state index < -0.39 is 0 Å². The number of piperidine rings is 2. The molecule has 8 nitrogen and oxygen atoms in total. The molecule has 2 aliphatic rings. The molecule has 1 spiro atoms. The van der Waals surface area contributed by atoms with E-state index in [1.165, 1.54) is 0 Å². The lowest BCUT2D eigenvalue weighted by Gasteiger charge is -2.50. The van der Waals surface area contributed by atoms with Crippen molar-refractivity contribution < 1.29 is 24.5 Å². The predicted molar refractivity (Wildman–Crippen MR) is 119 cm³/mol. The highest BCUT2D eigenvalue weighted by molar-refractivity contribution is 6.08. The normalized spacial score (nSPS) is 24.0. The van der Waals surface area contributed by atoms with Gasteiger partial charge >= 0.3 is 0 Å². The zero-order valence-electron chi connectivity index (χ0n) is 18.8. The summed E-state index contributed by atoms with van der Waals surface area (Å²) in [5, 5.41) is 18.6. The third kappa shape index (κ3) is 4.27. The Bertz CT molecular complexity index is 956. The molecular formula is C23H33N3O5. The highest BCUT2D eigenvalue weighted by atomic mass is 16.5. The van der Waals surface area contributed by atoms with E-state index in [2.05, 4.69) is 16.5 Å². The van der Waals surface area contributed by atoms with Crippen LogP contribution in [0.25, 0.3) is 10.9 Å². The van der Waals surface area contributed by atoms with Crippen molar-refractivity contribution in [3.63, 3.8) is 0 Å². The molecule has 1 aromatic heterocycles. The molecule has 0 radical (unpaired) electrons. The van der Waals surface area contributed by atoms with Crippen molar-refractivity contribution in [1.29, 1.82) is 0 Å². The summed E-state index contributed by atoms with van der Waals surface area (Å²) in [6, 6.07) is 5.90. The third-order valence-electron chi connectivity index (χ3n) is 6.88. The zero-order chi connectivity index (χ0) is 22.8. The Kier molecular flexibility index (Phi) is 6.91. The van der Waals surface area contributed by atoms with Crippen LogP contribution in [0.2, 0.25) is 0 Å². The molecule has 0 unspecified atom stereocenters. The van der Waals surface area contributed by atoms with Crippen LogP contribution in [-0.2, 0) is 11.8 Å². The summed E-state index contributed by atoms with van der Waals surface area (Å²) in [7, 11) is 5.75. The molecule has 1 aromatic carbocycles. The number of likely N-dealkylation sites (tertiary alicyclic amines) is 2.